The monoisotopic (exact) mass is 283 g/mol. The summed E-state index contributed by atoms with van der Waals surface area (Å²) in [5.41, 5.74) is -0.510. The van der Waals surface area contributed by atoms with E-state index in [1.54, 1.807) is 4.90 Å². The van der Waals surface area contributed by atoms with Crippen molar-refractivity contribution in [1.82, 2.24) is 4.90 Å². The molecule has 0 spiro atoms. The Kier molecular flexibility index (Phi) is 1.93. The van der Waals surface area contributed by atoms with Gasteiger partial charge in [-0.05, 0) is 20.3 Å². The first-order chi connectivity index (χ1) is 9.50. The maximum Gasteiger partial charge on any atom is 0.410 e. The van der Waals surface area contributed by atoms with Gasteiger partial charge in [0.1, 0.15) is 23.9 Å². The van der Waals surface area contributed by atoms with E-state index in [0.717, 1.165) is 0 Å². The summed E-state index contributed by atoms with van der Waals surface area (Å²) < 4.78 is 29.4. The maximum atomic E-state index is 11.9. The molecular weight excluding hydrogens is 266 g/mol. The second kappa shape index (κ2) is 3.30. The highest BCUT2D eigenvalue weighted by atomic mass is 16.8. The number of ether oxygens (including phenoxy) is 5. The summed E-state index contributed by atoms with van der Waals surface area (Å²) in [6, 6.07) is -0.0779. The fourth-order valence-corrected chi connectivity index (χ4v) is 4.33. The molecule has 1 amide bonds. The van der Waals surface area contributed by atoms with Gasteiger partial charge in [0.2, 0.25) is 0 Å². The highest BCUT2D eigenvalue weighted by Crippen LogP contribution is 2.54. The summed E-state index contributed by atoms with van der Waals surface area (Å²) in [4.78, 5) is 13.6. The smallest absolute Gasteiger partial charge is 0.410 e. The van der Waals surface area contributed by atoms with E-state index in [0.29, 0.717) is 19.6 Å². The lowest BCUT2D eigenvalue weighted by molar-refractivity contribution is -0.272. The van der Waals surface area contributed by atoms with E-state index in [9.17, 15) is 4.79 Å². The number of hydrogen-bond acceptors (Lipinski definition) is 6. The molecule has 0 aromatic heterocycles. The van der Waals surface area contributed by atoms with Gasteiger partial charge in [0.25, 0.3) is 0 Å². The Morgan fingerprint density at radius 2 is 2.10 bits per heavy atom. The van der Waals surface area contributed by atoms with Crippen LogP contribution in [-0.2, 0) is 23.7 Å². The summed E-state index contributed by atoms with van der Waals surface area (Å²) in [5, 5.41) is 0. The van der Waals surface area contributed by atoms with Crippen molar-refractivity contribution in [2.24, 2.45) is 0 Å². The van der Waals surface area contributed by atoms with Gasteiger partial charge in [-0.25, -0.2) is 4.79 Å². The van der Waals surface area contributed by atoms with Crippen LogP contribution in [0.25, 0.3) is 0 Å². The van der Waals surface area contributed by atoms with E-state index < -0.39 is 17.7 Å². The van der Waals surface area contributed by atoms with Crippen molar-refractivity contribution in [2.75, 3.05) is 13.2 Å². The molecule has 5 heterocycles. The Bertz CT molecular complexity index is 495. The minimum atomic E-state index is -0.658. The number of carbonyl (C=O) groups is 1. The Labute approximate surface area is 116 Å². The number of carbonyl (C=O) groups excluding carboxylic acids is 1. The van der Waals surface area contributed by atoms with Gasteiger partial charge in [-0.2, -0.15) is 0 Å². The number of piperidine rings is 1. The highest BCUT2D eigenvalue weighted by Gasteiger charge is 2.73. The van der Waals surface area contributed by atoms with Crippen molar-refractivity contribution in [2.45, 2.75) is 62.3 Å². The molecule has 5 rings (SSSR count). The second-order valence-electron chi connectivity index (χ2n) is 6.60. The van der Waals surface area contributed by atoms with Gasteiger partial charge >= 0.3 is 6.09 Å². The minimum absolute atomic E-state index is 0.0779. The third-order valence-electron chi connectivity index (χ3n) is 5.10. The molecule has 0 radical (unpaired) electrons. The minimum Gasteiger partial charge on any atom is -0.441 e. The third kappa shape index (κ3) is 1.19. The summed E-state index contributed by atoms with van der Waals surface area (Å²) in [5.74, 6) is -0.658. The lowest BCUT2D eigenvalue weighted by Gasteiger charge is -2.50. The van der Waals surface area contributed by atoms with E-state index in [1.807, 2.05) is 13.8 Å². The fraction of sp³-hybridized carbons (Fsp3) is 0.923. The third-order valence-corrected chi connectivity index (χ3v) is 5.10. The zero-order valence-corrected chi connectivity index (χ0v) is 11.4. The standard InChI is InChI=1S/C13H17NO6/c1-12(2)19-9-10(20-12)18-8-7-6-5-16-13(8,9)3-4-14(7)11(15)17-6/h6-10H,3-5H2,1-2H3/t6-,7-,8-,9+,10-,13+/m1/s1. The van der Waals surface area contributed by atoms with Crippen molar-refractivity contribution >= 4 is 6.09 Å². The van der Waals surface area contributed by atoms with Crippen LogP contribution in [0.2, 0.25) is 0 Å². The molecule has 110 valence electrons. The van der Waals surface area contributed by atoms with E-state index in [2.05, 4.69) is 0 Å². The molecule has 0 N–H and O–H groups in total. The lowest BCUT2D eigenvalue weighted by Crippen LogP contribution is -2.69. The Morgan fingerprint density at radius 3 is 2.95 bits per heavy atom. The average Bonchev–Trinajstić information content (AvgIpc) is 2.95. The fourth-order valence-electron chi connectivity index (χ4n) is 4.33. The first kappa shape index (κ1) is 11.7. The van der Waals surface area contributed by atoms with E-state index in [1.165, 1.54) is 0 Å². The molecule has 0 aromatic rings. The summed E-state index contributed by atoms with van der Waals surface area (Å²) in [6.07, 6.45) is -0.704. The van der Waals surface area contributed by atoms with Crippen molar-refractivity contribution in [3.63, 3.8) is 0 Å². The number of hydrogen-bond donors (Lipinski definition) is 0. The molecule has 7 heteroatoms. The first-order valence-corrected chi connectivity index (χ1v) is 7.12. The first-order valence-electron chi connectivity index (χ1n) is 7.12. The van der Waals surface area contributed by atoms with Crippen LogP contribution in [0.1, 0.15) is 20.3 Å². The van der Waals surface area contributed by atoms with Crippen LogP contribution in [-0.4, -0.2) is 66.2 Å². The van der Waals surface area contributed by atoms with Gasteiger partial charge in [0, 0.05) is 6.54 Å². The lowest BCUT2D eigenvalue weighted by atomic mass is 9.77. The van der Waals surface area contributed by atoms with Crippen LogP contribution in [0.5, 0.6) is 0 Å². The molecule has 20 heavy (non-hydrogen) atoms. The Morgan fingerprint density at radius 1 is 1.25 bits per heavy atom. The zero-order chi connectivity index (χ0) is 13.7. The van der Waals surface area contributed by atoms with Gasteiger partial charge in [-0.3, -0.25) is 4.90 Å². The number of amides is 1. The predicted octanol–water partition coefficient (Wildman–Crippen LogP) is 0.225. The Balaban J connectivity index is 1.56. The van der Waals surface area contributed by atoms with Crippen molar-refractivity contribution < 1.29 is 28.5 Å². The second-order valence-corrected chi connectivity index (χ2v) is 6.60. The summed E-state index contributed by atoms with van der Waals surface area (Å²) in [7, 11) is 0. The topological polar surface area (TPSA) is 66.5 Å². The summed E-state index contributed by atoms with van der Waals surface area (Å²) in [6.45, 7) is 4.78. The van der Waals surface area contributed by atoms with Crippen molar-refractivity contribution in [3.8, 4) is 0 Å². The van der Waals surface area contributed by atoms with Crippen LogP contribution in [0.3, 0.4) is 0 Å². The number of rotatable bonds is 0. The van der Waals surface area contributed by atoms with Gasteiger partial charge in [0.05, 0.1) is 6.61 Å². The molecule has 5 aliphatic heterocycles. The molecule has 5 saturated heterocycles. The van der Waals surface area contributed by atoms with Crippen LogP contribution in [0, 0.1) is 0 Å². The zero-order valence-electron chi connectivity index (χ0n) is 11.4. The molecule has 0 unspecified atom stereocenters. The molecule has 0 aromatic carbocycles. The summed E-state index contributed by atoms with van der Waals surface area (Å²) >= 11 is 0. The average molecular weight is 283 g/mol. The SMILES string of the molecule is CC1(C)O[C@H]2O[C@@H]3[C@H]4[C@H]5CO[C@]3(CCN4C(=O)O5)[C@H]2O1. The molecule has 5 aliphatic rings. The Hall–Kier alpha value is -0.890. The molecule has 0 saturated carbocycles. The normalized spacial score (nSPS) is 54.6. The molecular formula is C13H17NO6. The van der Waals surface area contributed by atoms with Crippen LogP contribution < -0.4 is 0 Å². The highest BCUT2D eigenvalue weighted by molar-refractivity contribution is 5.71. The van der Waals surface area contributed by atoms with E-state index in [4.69, 9.17) is 23.7 Å². The van der Waals surface area contributed by atoms with Gasteiger partial charge in [0.15, 0.2) is 18.2 Å². The molecule has 5 fully saturated rings. The molecule has 7 nitrogen and oxygen atoms in total. The van der Waals surface area contributed by atoms with Gasteiger partial charge in [-0.1, -0.05) is 0 Å². The van der Waals surface area contributed by atoms with Gasteiger partial charge in [-0.15, -0.1) is 0 Å². The molecule has 0 aliphatic carbocycles. The van der Waals surface area contributed by atoms with E-state index in [-0.39, 0.29) is 30.4 Å². The number of nitrogens with zero attached hydrogens (tertiary/aromatic N) is 1. The van der Waals surface area contributed by atoms with Crippen molar-refractivity contribution in [3.05, 3.63) is 0 Å². The largest absolute Gasteiger partial charge is 0.441 e. The quantitative estimate of drug-likeness (QED) is 0.634. The van der Waals surface area contributed by atoms with Crippen LogP contribution in [0.4, 0.5) is 4.79 Å². The maximum absolute atomic E-state index is 11.9. The molecule has 6 atom stereocenters. The van der Waals surface area contributed by atoms with Gasteiger partial charge < -0.3 is 23.7 Å². The van der Waals surface area contributed by atoms with Crippen molar-refractivity contribution in [1.29, 1.82) is 0 Å². The molecule has 2 bridgehead atoms. The van der Waals surface area contributed by atoms with Crippen LogP contribution in [0.15, 0.2) is 0 Å². The predicted molar refractivity (Wildman–Crippen MR) is 62.8 cm³/mol. The van der Waals surface area contributed by atoms with E-state index >= 15 is 0 Å². The van der Waals surface area contributed by atoms with Crippen LogP contribution >= 0.6 is 0 Å². The number of fused-ring (bicyclic) bond motifs is 1.